The summed E-state index contributed by atoms with van der Waals surface area (Å²) in [5.74, 6) is 0. The van der Waals surface area contributed by atoms with Gasteiger partial charge in [-0.3, -0.25) is 4.68 Å². The SMILES string of the molecule is CCCNC(Cc1cc(C)nn1C)c1ccc(Cl)cc1C. The van der Waals surface area contributed by atoms with Crippen LogP contribution in [0.3, 0.4) is 0 Å². The van der Waals surface area contributed by atoms with Gasteiger partial charge in [0.2, 0.25) is 0 Å². The molecule has 2 aromatic rings. The molecule has 1 N–H and O–H groups in total. The van der Waals surface area contributed by atoms with Crippen LogP contribution in [0.15, 0.2) is 24.3 Å². The zero-order valence-electron chi connectivity index (χ0n) is 13.3. The molecule has 0 bridgehead atoms. The minimum absolute atomic E-state index is 0.289. The summed E-state index contributed by atoms with van der Waals surface area (Å²) in [5, 5.41) is 8.88. The van der Waals surface area contributed by atoms with E-state index in [4.69, 9.17) is 11.6 Å². The maximum atomic E-state index is 6.08. The molecule has 0 spiro atoms. The number of hydrogen-bond acceptors (Lipinski definition) is 2. The minimum atomic E-state index is 0.289. The van der Waals surface area contributed by atoms with Gasteiger partial charge in [0.1, 0.15) is 0 Å². The summed E-state index contributed by atoms with van der Waals surface area (Å²) in [7, 11) is 2.01. The number of aryl methyl sites for hydroxylation is 3. The van der Waals surface area contributed by atoms with Gasteiger partial charge in [-0.1, -0.05) is 24.6 Å². The topological polar surface area (TPSA) is 29.9 Å². The largest absolute Gasteiger partial charge is 0.310 e. The summed E-state index contributed by atoms with van der Waals surface area (Å²) in [6.45, 7) is 7.35. The Bertz CT molecular complexity index is 604. The summed E-state index contributed by atoms with van der Waals surface area (Å²) < 4.78 is 1.97. The molecule has 114 valence electrons. The van der Waals surface area contributed by atoms with Crippen molar-refractivity contribution >= 4 is 11.6 Å². The van der Waals surface area contributed by atoms with Crippen molar-refractivity contribution in [2.24, 2.45) is 7.05 Å². The fraction of sp³-hybridized carbons (Fsp3) is 0.471. The van der Waals surface area contributed by atoms with Gasteiger partial charge in [0.05, 0.1) is 5.69 Å². The van der Waals surface area contributed by atoms with Crippen molar-refractivity contribution in [2.75, 3.05) is 6.54 Å². The van der Waals surface area contributed by atoms with Crippen LogP contribution in [0.2, 0.25) is 5.02 Å². The molecule has 1 aromatic heterocycles. The summed E-state index contributed by atoms with van der Waals surface area (Å²) in [4.78, 5) is 0. The molecule has 4 heteroatoms. The zero-order valence-corrected chi connectivity index (χ0v) is 14.0. The third-order valence-corrected chi connectivity index (χ3v) is 4.00. The molecular formula is C17H24ClN3. The van der Waals surface area contributed by atoms with Gasteiger partial charge in [-0.25, -0.2) is 0 Å². The highest BCUT2D eigenvalue weighted by molar-refractivity contribution is 6.30. The summed E-state index contributed by atoms with van der Waals surface area (Å²) in [5.41, 5.74) is 4.85. The van der Waals surface area contributed by atoms with Gasteiger partial charge in [-0.2, -0.15) is 5.10 Å². The number of aromatic nitrogens is 2. The van der Waals surface area contributed by atoms with Crippen molar-refractivity contribution in [3.63, 3.8) is 0 Å². The normalized spacial score (nSPS) is 12.6. The van der Waals surface area contributed by atoms with E-state index in [1.165, 1.54) is 16.8 Å². The zero-order chi connectivity index (χ0) is 15.4. The highest BCUT2D eigenvalue weighted by Crippen LogP contribution is 2.24. The minimum Gasteiger partial charge on any atom is -0.310 e. The van der Waals surface area contributed by atoms with Crippen LogP contribution in [0, 0.1) is 13.8 Å². The lowest BCUT2D eigenvalue weighted by Crippen LogP contribution is -2.25. The first-order valence-corrected chi connectivity index (χ1v) is 7.88. The predicted molar refractivity (Wildman–Crippen MR) is 88.9 cm³/mol. The van der Waals surface area contributed by atoms with Crippen LogP contribution in [-0.4, -0.2) is 16.3 Å². The molecule has 0 radical (unpaired) electrons. The standard InChI is InChI=1S/C17H24ClN3/c1-5-8-19-17(11-15-10-13(3)20-21(15)4)16-7-6-14(18)9-12(16)2/h6-7,9-10,17,19H,5,8,11H2,1-4H3. The van der Waals surface area contributed by atoms with Gasteiger partial charge in [0.25, 0.3) is 0 Å². The van der Waals surface area contributed by atoms with E-state index in [1.54, 1.807) is 0 Å². The van der Waals surface area contributed by atoms with Crippen LogP contribution in [0.4, 0.5) is 0 Å². The lowest BCUT2D eigenvalue weighted by Gasteiger charge is -2.21. The molecule has 0 aliphatic rings. The lowest BCUT2D eigenvalue weighted by atomic mass is 9.97. The van der Waals surface area contributed by atoms with Gasteiger partial charge in [-0.15, -0.1) is 0 Å². The Morgan fingerprint density at radius 3 is 2.62 bits per heavy atom. The lowest BCUT2D eigenvalue weighted by molar-refractivity contribution is 0.510. The smallest absolute Gasteiger partial charge is 0.0596 e. The molecule has 0 aliphatic carbocycles. The Kier molecular flexibility index (Phi) is 5.43. The van der Waals surface area contributed by atoms with Crippen LogP contribution in [0.25, 0.3) is 0 Å². The van der Waals surface area contributed by atoms with Gasteiger partial charge >= 0.3 is 0 Å². The van der Waals surface area contributed by atoms with E-state index in [0.29, 0.717) is 0 Å². The number of nitrogens with one attached hydrogen (secondary N) is 1. The van der Waals surface area contributed by atoms with Crippen LogP contribution in [0.5, 0.6) is 0 Å². The second kappa shape index (κ2) is 7.10. The Hall–Kier alpha value is -1.32. The van der Waals surface area contributed by atoms with Crippen molar-refractivity contribution in [1.29, 1.82) is 0 Å². The van der Waals surface area contributed by atoms with E-state index in [9.17, 15) is 0 Å². The van der Waals surface area contributed by atoms with Gasteiger partial charge in [-0.05, 0) is 56.1 Å². The average Bonchev–Trinajstić information content (AvgIpc) is 2.73. The molecule has 1 atom stereocenters. The Balaban J connectivity index is 2.27. The van der Waals surface area contributed by atoms with E-state index in [-0.39, 0.29) is 6.04 Å². The van der Waals surface area contributed by atoms with E-state index in [2.05, 4.69) is 36.4 Å². The fourth-order valence-corrected chi connectivity index (χ4v) is 2.93. The van der Waals surface area contributed by atoms with E-state index in [0.717, 1.165) is 30.1 Å². The van der Waals surface area contributed by atoms with Crippen LogP contribution < -0.4 is 5.32 Å². The Labute approximate surface area is 132 Å². The Morgan fingerprint density at radius 1 is 1.29 bits per heavy atom. The summed E-state index contributed by atoms with van der Waals surface area (Å²) in [6.07, 6.45) is 2.05. The van der Waals surface area contributed by atoms with E-state index < -0.39 is 0 Å². The van der Waals surface area contributed by atoms with Gasteiger partial charge < -0.3 is 5.32 Å². The maximum Gasteiger partial charge on any atom is 0.0596 e. The van der Waals surface area contributed by atoms with Crippen LogP contribution >= 0.6 is 11.6 Å². The van der Waals surface area contributed by atoms with Crippen LogP contribution in [-0.2, 0) is 13.5 Å². The molecule has 1 aromatic carbocycles. The highest BCUT2D eigenvalue weighted by Gasteiger charge is 2.16. The first-order valence-electron chi connectivity index (χ1n) is 7.50. The molecule has 0 saturated carbocycles. The average molecular weight is 306 g/mol. The molecule has 0 fully saturated rings. The molecule has 3 nitrogen and oxygen atoms in total. The first-order chi connectivity index (χ1) is 10.0. The highest BCUT2D eigenvalue weighted by atomic mass is 35.5. The van der Waals surface area contributed by atoms with Gasteiger partial charge in [0.15, 0.2) is 0 Å². The van der Waals surface area contributed by atoms with Crippen LogP contribution in [0.1, 0.15) is 41.9 Å². The first kappa shape index (κ1) is 16.1. The molecule has 0 saturated heterocycles. The van der Waals surface area contributed by atoms with Gasteiger partial charge in [0, 0.05) is 30.2 Å². The van der Waals surface area contributed by atoms with E-state index >= 15 is 0 Å². The molecular weight excluding hydrogens is 282 g/mol. The fourth-order valence-electron chi connectivity index (χ4n) is 2.71. The van der Waals surface area contributed by atoms with Crippen molar-refractivity contribution in [1.82, 2.24) is 15.1 Å². The third kappa shape index (κ3) is 4.08. The third-order valence-electron chi connectivity index (χ3n) is 3.76. The number of halogens is 1. The number of benzene rings is 1. The summed E-state index contributed by atoms with van der Waals surface area (Å²) >= 11 is 6.08. The van der Waals surface area contributed by atoms with Crippen molar-refractivity contribution in [3.05, 3.63) is 51.8 Å². The maximum absolute atomic E-state index is 6.08. The second-order valence-corrected chi connectivity index (χ2v) is 6.05. The number of hydrogen-bond donors (Lipinski definition) is 1. The molecule has 21 heavy (non-hydrogen) atoms. The quantitative estimate of drug-likeness (QED) is 0.875. The van der Waals surface area contributed by atoms with Crippen molar-refractivity contribution in [3.8, 4) is 0 Å². The molecule has 0 amide bonds. The Morgan fingerprint density at radius 2 is 2.05 bits per heavy atom. The molecule has 2 rings (SSSR count). The molecule has 1 heterocycles. The summed E-state index contributed by atoms with van der Waals surface area (Å²) in [6, 6.07) is 8.59. The van der Waals surface area contributed by atoms with Crippen molar-refractivity contribution < 1.29 is 0 Å². The van der Waals surface area contributed by atoms with Crippen molar-refractivity contribution in [2.45, 2.75) is 39.7 Å². The monoisotopic (exact) mass is 305 g/mol. The van der Waals surface area contributed by atoms with E-state index in [1.807, 2.05) is 30.8 Å². The second-order valence-electron chi connectivity index (χ2n) is 5.61. The number of nitrogens with zero attached hydrogens (tertiary/aromatic N) is 2. The molecule has 0 aliphatic heterocycles. The number of rotatable bonds is 6. The predicted octanol–water partition coefficient (Wildman–Crippen LogP) is 3.97. The molecule has 1 unspecified atom stereocenters.